The lowest BCUT2D eigenvalue weighted by Crippen LogP contribution is -2.49. The molecule has 0 amide bonds. The van der Waals surface area contributed by atoms with Crippen LogP contribution in [0.2, 0.25) is 0 Å². The van der Waals surface area contributed by atoms with Crippen LogP contribution in [0.25, 0.3) is 0 Å². The first-order valence-corrected chi connectivity index (χ1v) is 7.66. The van der Waals surface area contributed by atoms with Gasteiger partial charge >= 0.3 is 0 Å². The number of aliphatic hydroxyl groups excluding tert-OH is 1. The number of hydrogen-bond donors (Lipinski definition) is 2. The minimum Gasteiger partial charge on any atom is -0.394 e. The summed E-state index contributed by atoms with van der Waals surface area (Å²) >= 11 is 2.04. The van der Waals surface area contributed by atoms with Crippen LogP contribution in [0.1, 0.15) is 53.4 Å². The van der Waals surface area contributed by atoms with Gasteiger partial charge in [0.25, 0.3) is 0 Å². The third-order valence-corrected chi connectivity index (χ3v) is 3.80. The smallest absolute Gasteiger partial charge is 0.0610 e. The maximum atomic E-state index is 9.41. The zero-order valence-electron chi connectivity index (χ0n) is 11.4. The summed E-state index contributed by atoms with van der Waals surface area (Å²) in [5.74, 6) is 2.50. The first-order valence-electron chi connectivity index (χ1n) is 6.50. The normalized spacial score (nSPS) is 15.4. The summed E-state index contributed by atoms with van der Waals surface area (Å²) in [5.41, 5.74) is -0.0977. The van der Waals surface area contributed by atoms with Crippen molar-refractivity contribution >= 4 is 11.8 Å². The van der Waals surface area contributed by atoms with Crippen LogP contribution in [-0.2, 0) is 0 Å². The van der Waals surface area contributed by atoms with E-state index < -0.39 is 0 Å². The predicted molar refractivity (Wildman–Crippen MR) is 75.2 cm³/mol. The minimum atomic E-state index is -0.0977. The Hall–Kier alpha value is 0.270. The van der Waals surface area contributed by atoms with E-state index in [2.05, 4.69) is 33.0 Å². The van der Waals surface area contributed by atoms with Crippen LogP contribution in [0.15, 0.2) is 0 Å². The molecule has 0 fully saturated rings. The Balaban J connectivity index is 3.61. The van der Waals surface area contributed by atoms with Crippen molar-refractivity contribution in [3.8, 4) is 0 Å². The van der Waals surface area contributed by atoms with Crippen molar-refractivity contribution in [2.45, 2.75) is 65.0 Å². The second-order valence-corrected chi connectivity index (χ2v) is 6.31. The Bertz CT molecular complexity index is 164. The number of rotatable bonds is 10. The monoisotopic (exact) mass is 247 g/mol. The molecule has 0 saturated carbocycles. The molecule has 0 aliphatic rings. The Morgan fingerprint density at radius 3 is 2.38 bits per heavy atom. The van der Waals surface area contributed by atoms with E-state index in [1.165, 1.54) is 30.8 Å². The van der Waals surface area contributed by atoms with Crippen molar-refractivity contribution < 1.29 is 5.11 Å². The average Bonchev–Trinajstić information content (AvgIpc) is 2.22. The van der Waals surface area contributed by atoms with Gasteiger partial charge in [0.15, 0.2) is 0 Å². The lowest BCUT2D eigenvalue weighted by molar-refractivity contribution is 0.156. The molecule has 0 aromatic heterocycles. The molecule has 0 heterocycles. The van der Waals surface area contributed by atoms with E-state index in [1.54, 1.807) is 0 Å². The van der Waals surface area contributed by atoms with E-state index in [1.807, 2.05) is 11.8 Å². The number of hydrogen-bond acceptors (Lipinski definition) is 3. The van der Waals surface area contributed by atoms with Crippen LogP contribution < -0.4 is 5.32 Å². The molecule has 0 bridgehead atoms. The van der Waals surface area contributed by atoms with Crippen LogP contribution in [0, 0.1) is 0 Å². The zero-order chi connectivity index (χ0) is 12.4. The predicted octanol–water partition coefficient (Wildman–Crippen LogP) is 3.05. The van der Waals surface area contributed by atoms with Crippen molar-refractivity contribution in [3.63, 3.8) is 0 Å². The van der Waals surface area contributed by atoms with E-state index in [-0.39, 0.29) is 12.1 Å². The summed E-state index contributed by atoms with van der Waals surface area (Å²) in [6.07, 6.45) is 4.86. The third-order valence-electron chi connectivity index (χ3n) is 2.65. The van der Waals surface area contributed by atoms with Crippen molar-refractivity contribution in [2.75, 3.05) is 18.1 Å². The van der Waals surface area contributed by atoms with Gasteiger partial charge in [0.2, 0.25) is 0 Å². The van der Waals surface area contributed by atoms with Gasteiger partial charge in [-0.15, -0.1) is 0 Å². The van der Waals surface area contributed by atoms with E-state index in [0.29, 0.717) is 6.04 Å². The molecule has 16 heavy (non-hydrogen) atoms. The van der Waals surface area contributed by atoms with Crippen LogP contribution in [-0.4, -0.2) is 34.8 Å². The molecule has 0 radical (unpaired) electrons. The Kier molecular flexibility index (Phi) is 9.47. The molecule has 0 aliphatic carbocycles. The lowest BCUT2D eigenvalue weighted by atomic mass is 9.96. The standard InChI is InChI=1S/C13H29NOS/c1-5-6-9-16-10-7-8-13(4,11-15)14-12(2)3/h12,14-15H,5-11H2,1-4H3. The van der Waals surface area contributed by atoms with E-state index in [0.717, 1.165) is 6.42 Å². The van der Waals surface area contributed by atoms with E-state index in [9.17, 15) is 5.11 Å². The zero-order valence-corrected chi connectivity index (χ0v) is 12.2. The third kappa shape index (κ3) is 8.43. The summed E-state index contributed by atoms with van der Waals surface area (Å²) in [5, 5.41) is 12.9. The summed E-state index contributed by atoms with van der Waals surface area (Å²) < 4.78 is 0. The molecule has 0 aromatic rings. The second kappa shape index (κ2) is 9.32. The molecule has 2 N–H and O–H groups in total. The van der Waals surface area contributed by atoms with Crippen LogP contribution >= 0.6 is 11.8 Å². The van der Waals surface area contributed by atoms with Gasteiger partial charge in [-0.25, -0.2) is 0 Å². The lowest BCUT2D eigenvalue weighted by Gasteiger charge is -2.31. The summed E-state index contributed by atoms with van der Waals surface area (Å²) in [4.78, 5) is 0. The van der Waals surface area contributed by atoms with Crippen LogP contribution in [0.5, 0.6) is 0 Å². The number of nitrogens with one attached hydrogen (secondary N) is 1. The van der Waals surface area contributed by atoms with Gasteiger partial charge in [-0.3, -0.25) is 0 Å². The fourth-order valence-corrected chi connectivity index (χ4v) is 2.85. The fourth-order valence-electron chi connectivity index (χ4n) is 1.81. The highest BCUT2D eigenvalue weighted by atomic mass is 32.2. The van der Waals surface area contributed by atoms with Gasteiger partial charge < -0.3 is 10.4 Å². The summed E-state index contributed by atoms with van der Waals surface area (Å²) in [7, 11) is 0. The van der Waals surface area contributed by atoms with Gasteiger partial charge in [0.05, 0.1) is 6.61 Å². The first-order chi connectivity index (χ1) is 7.54. The maximum absolute atomic E-state index is 9.41. The molecule has 0 rings (SSSR count). The molecule has 98 valence electrons. The Morgan fingerprint density at radius 1 is 1.25 bits per heavy atom. The summed E-state index contributed by atoms with van der Waals surface area (Å²) in [6.45, 7) is 8.83. The molecule has 2 nitrogen and oxygen atoms in total. The SMILES string of the molecule is CCCCSCCCC(C)(CO)NC(C)C. The van der Waals surface area contributed by atoms with Gasteiger partial charge in [0, 0.05) is 11.6 Å². The highest BCUT2D eigenvalue weighted by Gasteiger charge is 2.22. The molecule has 0 spiro atoms. The second-order valence-electron chi connectivity index (χ2n) is 5.09. The minimum absolute atomic E-state index is 0.0977. The molecule has 1 atom stereocenters. The quantitative estimate of drug-likeness (QED) is 0.582. The number of unbranched alkanes of at least 4 members (excludes halogenated alkanes) is 1. The Labute approximate surface area is 106 Å². The van der Waals surface area contributed by atoms with Crippen molar-refractivity contribution in [2.24, 2.45) is 0 Å². The van der Waals surface area contributed by atoms with Gasteiger partial charge in [0.1, 0.15) is 0 Å². The van der Waals surface area contributed by atoms with Crippen LogP contribution in [0.3, 0.4) is 0 Å². The van der Waals surface area contributed by atoms with Gasteiger partial charge in [-0.2, -0.15) is 11.8 Å². The highest BCUT2D eigenvalue weighted by Crippen LogP contribution is 2.16. The fraction of sp³-hybridized carbons (Fsp3) is 1.00. The molecular weight excluding hydrogens is 218 g/mol. The van der Waals surface area contributed by atoms with E-state index >= 15 is 0 Å². The topological polar surface area (TPSA) is 32.3 Å². The van der Waals surface area contributed by atoms with Crippen molar-refractivity contribution in [3.05, 3.63) is 0 Å². The van der Waals surface area contributed by atoms with Crippen molar-refractivity contribution in [1.29, 1.82) is 0 Å². The maximum Gasteiger partial charge on any atom is 0.0610 e. The number of thioether (sulfide) groups is 1. The van der Waals surface area contributed by atoms with E-state index in [4.69, 9.17) is 0 Å². The molecule has 0 aliphatic heterocycles. The van der Waals surface area contributed by atoms with Crippen LogP contribution in [0.4, 0.5) is 0 Å². The molecule has 0 saturated heterocycles. The first kappa shape index (κ1) is 16.3. The molecule has 0 aromatic carbocycles. The largest absolute Gasteiger partial charge is 0.394 e. The van der Waals surface area contributed by atoms with Crippen molar-refractivity contribution in [1.82, 2.24) is 5.32 Å². The molecular formula is C13H29NOS. The summed E-state index contributed by atoms with van der Waals surface area (Å²) in [6, 6.07) is 0.435. The number of aliphatic hydroxyl groups is 1. The Morgan fingerprint density at radius 2 is 1.88 bits per heavy atom. The molecule has 3 heteroatoms. The molecule has 1 unspecified atom stereocenters. The van der Waals surface area contributed by atoms with Gasteiger partial charge in [-0.1, -0.05) is 27.2 Å². The van der Waals surface area contributed by atoms with Gasteiger partial charge in [-0.05, 0) is 37.7 Å². The average molecular weight is 247 g/mol. The highest BCUT2D eigenvalue weighted by molar-refractivity contribution is 7.99.